The van der Waals surface area contributed by atoms with E-state index < -0.39 is 0 Å². The van der Waals surface area contributed by atoms with Crippen LogP contribution in [0.3, 0.4) is 0 Å². The number of pyridine rings is 1. The van der Waals surface area contributed by atoms with Crippen LogP contribution >= 0.6 is 22.9 Å². The van der Waals surface area contributed by atoms with Gasteiger partial charge in [0.1, 0.15) is 6.54 Å². The van der Waals surface area contributed by atoms with Crippen molar-refractivity contribution in [2.45, 2.75) is 6.54 Å². The average Bonchev–Trinajstić information content (AvgIpc) is 3.17. The number of hydrogen-bond acceptors (Lipinski definition) is 4. The summed E-state index contributed by atoms with van der Waals surface area (Å²) >= 11 is 7.27. The quantitative estimate of drug-likeness (QED) is 0.443. The number of aromatic nitrogens is 3. The van der Waals surface area contributed by atoms with Gasteiger partial charge in [-0.15, -0.1) is 11.3 Å². The third-order valence-corrected chi connectivity index (χ3v) is 5.01. The molecule has 0 saturated heterocycles. The Balaban J connectivity index is 1.91. The molecule has 0 aliphatic rings. The van der Waals surface area contributed by atoms with Crippen molar-refractivity contribution in [3.05, 3.63) is 81.5 Å². The lowest BCUT2D eigenvalue weighted by Gasteiger charge is -2.01. The predicted molar refractivity (Wildman–Crippen MR) is 95.4 cm³/mol. The van der Waals surface area contributed by atoms with Gasteiger partial charge in [0.25, 0.3) is 11.3 Å². The Morgan fingerprint density at radius 1 is 1.20 bits per heavy atom. The molecule has 124 valence electrons. The molecule has 0 bridgehead atoms. The number of fused-ring (bicyclic) bond motifs is 1. The molecule has 5 nitrogen and oxygen atoms in total. The number of carbonyl (C=O) groups is 1. The molecule has 3 aromatic heterocycles. The molecule has 0 aliphatic heterocycles. The monoisotopic (exact) mass is 370 g/mol. The molecule has 0 saturated carbocycles. The van der Waals surface area contributed by atoms with E-state index in [2.05, 4.69) is 4.98 Å². The summed E-state index contributed by atoms with van der Waals surface area (Å²) in [7, 11) is 0. The standard InChI is InChI=1S/C18H12ClN3O2S/c19-18-20-10-13(25-18)11-22-14-8-4-5-9-21(14)17(24)15(22)16(23)12-6-2-1-3-7-12/h1-10H,11H2/p+1. The fourth-order valence-electron chi connectivity index (χ4n) is 2.81. The third kappa shape index (κ3) is 2.79. The first-order valence-corrected chi connectivity index (χ1v) is 8.76. The highest BCUT2D eigenvalue weighted by Gasteiger charge is 2.31. The minimum atomic E-state index is -0.239. The third-order valence-electron chi connectivity index (χ3n) is 3.92. The number of halogens is 1. The topological polar surface area (TPSA) is 59.2 Å². The van der Waals surface area contributed by atoms with Crippen LogP contribution in [0.5, 0.6) is 5.88 Å². The largest absolute Gasteiger partial charge is 0.474 e. The second-order valence-corrected chi connectivity index (χ2v) is 7.16. The SMILES string of the molecule is O=C(c1ccccc1)c1c(O)[n+]2ccccc2n1Cc1cnc(Cl)s1. The van der Waals surface area contributed by atoms with Gasteiger partial charge in [0.15, 0.2) is 4.47 Å². The summed E-state index contributed by atoms with van der Waals surface area (Å²) in [6.07, 6.45) is 3.41. The zero-order valence-electron chi connectivity index (χ0n) is 13.0. The van der Waals surface area contributed by atoms with Gasteiger partial charge in [0, 0.05) is 17.8 Å². The van der Waals surface area contributed by atoms with E-state index in [4.69, 9.17) is 11.6 Å². The molecule has 1 aromatic carbocycles. The summed E-state index contributed by atoms with van der Waals surface area (Å²) in [6, 6.07) is 14.4. The molecule has 0 atom stereocenters. The lowest BCUT2D eigenvalue weighted by molar-refractivity contribution is -0.521. The summed E-state index contributed by atoms with van der Waals surface area (Å²) in [5.41, 5.74) is 1.47. The first-order chi connectivity index (χ1) is 12.1. The molecule has 0 radical (unpaired) electrons. The molecular formula is C18H13ClN3O2S+. The minimum absolute atomic E-state index is 0.0833. The molecule has 7 heteroatoms. The summed E-state index contributed by atoms with van der Waals surface area (Å²) in [5.74, 6) is -0.322. The number of benzene rings is 1. The Bertz CT molecular complexity index is 1070. The first kappa shape index (κ1) is 15.8. The summed E-state index contributed by atoms with van der Waals surface area (Å²) in [6.45, 7) is 0.395. The van der Waals surface area contributed by atoms with Crippen LogP contribution in [0, 0.1) is 0 Å². The molecule has 4 rings (SSSR count). The maximum atomic E-state index is 13.0. The van der Waals surface area contributed by atoms with Crippen LogP contribution in [0.4, 0.5) is 0 Å². The zero-order valence-corrected chi connectivity index (χ0v) is 14.5. The summed E-state index contributed by atoms with van der Waals surface area (Å²) in [5, 5.41) is 10.7. The van der Waals surface area contributed by atoms with E-state index in [0.717, 1.165) is 4.88 Å². The van der Waals surface area contributed by atoms with Gasteiger partial charge >= 0.3 is 5.88 Å². The Morgan fingerprint density at radius 3 is 2.68 bits per heavy atom. The lowest BCUT2D eigenvalue weighted by atomic mass is 10.1. The van der Waals surface area contributed by atoms with Gasteiger partial charge in [-0.1, -0.05) is 48.0 Å². The van der Waals surface area contributed by atoms with E-state index in [0.29, 0.717) is 22.2 Å². The van der Waals surface area contributed by atoms with E-state index >= 15 is 0 Å². The Hall–Kier alpha value is -2.70. The van der Waals surface area contributed by atoms with Gasteiger partial charge < -0.3 is 5.11 Å². The minimum Gasteiger partial charge on any atom is -0.474 e. The normalized spacial score (nSPS) is 11.1. The fraction of sp³-hybridized carbons (Fsp3) is 0.0556. The molecule has 4 aromatic rings. The van der Waals surface area contributed by atoms with Crippen LogP contribution in [-0.4, -0.2) is 20.4 Å². The molecule has 1 N–H and O–H groups in total. The van der Waals surface area contributed by atoms with E-state index in [1.165, 1.54) is 11.3 Å². The molecule has 0 aliphatic carbocycles. The van der Waals surface area contributed by atoms with E-state index in [9.17, 15) is 9.90 Å². The van der Waals surface area contributed by atoms with Crippen molar-refractivity contribution < 1.29 is 14.3 Å². The molecule has 0 unspecified atom stereocenters. The molecule has 3 heterocycles. The van der Waals surface area contributed by atoms with Crippen molar-refractivity contribution in [3.8, 4) is 5.88 Å². The second kappa shape index (κ2) is 6.31. The molecule has 0 fully saturated rings. The van der Waals surface area contributed by atoms with Crippen LogP contribution in [0.2, 0.25) is 4.47 Å². The van der Waals surface area contributed by atoms with Crippen LogP contribution in [0.1, 0.15) is 20.9 Å². The van der Waals surface area contributed by atoms with Crippen LogP contribution < -0.4 is 4.40 Å². The Morgan fingerprint density at radius 2 is 1.96 bits per heavy atom. The smallest absolute Gasteiger partial charge is 0.339 e. The number of ketones is 1. The Kier molecular flexibility index (Phi) is 3.99. The molecule has 0 amide bonds. The average molecular weight is 371 g/mol. The number of nitrogens with zero attached hydrogens (tertiary/aromatic N) is 3. The summed E-state index contributed by atoms with van der Waals surface area (Å²) < 4.78 is 3.83. The lowest BCUT2D eigenvalue weighted by Crippen LogP contribution is -2.19. The van der Waals surface area contributed by atoms with Crippen LogP contribution in [0.25, 0.3) is 5.65 Å². The van der Waals surface area contributed by atoms with Gasteiger partial charge in [-0.2, -0.15) is 4.40 Å². The maximum Gasteiger partial charge on any atom is 0.339 e. The first-order valence-electron chi connectivity index (χ1n) is 7.57. The predicted octanol–water partition coefficient (Wildman–Crippen LogP) is 3.32. The van der Waals surface area contributed by atoms with Crippen LogP contribution in [0.15, 0.2) is 60.9 Å². The fourth-order valence-corrected chi connectivity index (χ4v) is 3.77. The number of carbonyl (C=O) groups excluding carboxylic acids is 1. The Labute approximate surface area is 152 Å². The van der Waals surface area contributed by atoms with Crippen molar-refractivity contribution in [3.63, 3.8) is 0 Å². The van der Waals surface area contributed by atoms with Gasteiger partial charge in [-0.3, -0.25) is 4.79 Å². The van der Waals surface area contributed by atoms with Crippen molar-refractivity contribution in [2.75, 3.05) is 0 Å². The number of hydrogen-bond donors (Lipinski definition) is 1. The molecular weight excluding hydrogens is 358 g/mol. The van der Waals surface area contributed by atoms with E-state index in [1.807, 2.05) is 18.2 Å². The van der Waals surface area contributed by atoms with Crippen molar-refractivity contribution in [1.82, 2.24) is 9.55 Å². The van der Waals surface area contributed by atoms with Gasteiger partial charge in [-0.25, -0.2) is 9.55 Å². The molecule has 0 spiro atoms. The maximum absolute atomic E-state index is 13.0. The summed E-state index contributed by atoms with van der Waals surface area (Å²) in [4.78, 5) is 18.0. The highest BCUT2D eigenvalue weighted by molar-refractivity contribution is 7.15. The number of aromatic hydroxyl groups is 1. The van der Waals surface area contributed by atoms with Gasteiger partial charge in [-0.05, 0) is 6.07 Å². The van der Waals surface area contributed by atoms with Crippen molar-refractivity contribution in [1.29, 1.82) is 0 Å². The van der Waals surface area contributed by atoms with E-state index in [1.54, 1.807) is 51.7 Å². The van der Waals surface area contributed by atoms with Crippen molar-refractivity contribution >= 4 is 34.4 Å². The second-order valence-electron chi connectivity index (χ2n) is 5.46. The highest BCUT2D eigenvalue weighted by Crippen LogP contribution is 2.25. The van der Waals surface area contributed by atoms with Crippen LogP contribution in [-0.2, 0) is 6.54 Å². The zero-order chi connectivity index (χ0) is 17.4. The van der Waals surface area contributed by atoms with Gasteiger partial charge in [0.2, 0.25) is 5.78 Å². The van der Waals surface area contributed by atoms with Crippen molar-refractivity contribution in [2.24, 2.45) is 0 Å². The number of imidazole rings is 1. The highest BCUT2D eigenvalue weighted by atomic mass is 35.5. The van der Waals surface area contributed by atoms with Gasteiger partial charge in [0.05, 0.1) is 11.1 Å². The number of rotatable bonds is 4. The number of thiazole rings is 1. The van der Waals surface area contributed by atoms with E-state index in [-0.39, 0.29) is 17.4 Å². The molecule has 25 heavy (non-hydrogen) atoms.